The van der Waals surface area contributed by atoms with Crippen LogP contribution >= 0.6 is 0 Å². The molecule has 1 aromatic rings. The van der Waals surface area contributed by atoms with Crippen molar-refractivity contribution >= 4 is 12.2 Å². The molecule has 1 rings (SSSR count). The van der Waals surface area contributed by atoms with Crippen molar-refractivity contribution in [1.82, 2.24) is 9.97 Å². The fourth-order valence-electron chi connectivity index (χ4n) is 1.28. The molecule has 1 N–H and O–H groups in total. The van der Waals surface area contributed by atoms with Crippen molar-refractivity contribution in [2.75, 3.05) is 19.0 Å². The number of carbonyl (C=O) groups excluding carboxylic acids is 1. The average molecular weight is 209 g/mol. The highest BCUT2D eigenvalue weighted by molar-refractivity contribution is 5.76. The molecule has 0 amide bonds. The Kier molecular flexibility index (Phi) is 3.60. The largest absolute Gasteiger partial charge is 0.348 e. The highest BCUT2D eigenvalue weighted by Crippen LogP contribution is 2.06. The fraction of sp³-hybridized carbons (Fsp3) is 0.500. The second-order valence-corrected chi connectivity index (χ2v) is 3.51. The van der Waals surface area contributed by atoms with E-state index in [1.54, 1.807) is 19.0 Å². The van der Waals surface area contributed by atoms with Gasteiger partial charge in [-0.05, 0) is 6.42 Å². The summed E-state index contributed by atoms with van der Waals surface area (Å²) in [6.07, 6.45) is 2.05. The summed E-state index contributed by atoms with van der Waals surface area (Å²) in [4.78, 5) is 30.7. The Bertz CT molecular complexity index is 410. The van der Waals surface area contributed by atoms with Crippen LogP contribution in [-0.2, 0) is 6.42 Å². The molecule has 5 nitrogen and oxygen atoms in total. The van der Waals surface area contributed by atoms with Crippen LogP contribution in [0.3, 0.4) is 0 Å². The van der Waals surface area contributed by atoms with Crippen molar-refractivity contribution in [3.63, 3.8) is 0 Å². The van der Waals surface area contributed by atoms with Crippen molar-refractivity contribution in [3.8, 4) is 0 Å². The van der Waals surface area contributed by atoms with E-state index in [-0.39, 0.29) is 11.1 Å². The number of aromatic amines is 1. The van der Waals surface area contributed by atoms with Gasteiger partial charge in [-0.25, -0.2) is 4.98 Å². The predicted molar refractivity (Wildman–Crippen MR) is 58.6 cm³/mol. The van der Waals surface area contributed by atoms with Crippen molar-refractivity contribution in [3.05, 3.63) is 21.6 Å². The number of rotatable bonds is 4. The van der Waals surface area contributed by atoms with Crippen LogP contribution in [0.4, 0.5) is 5.95 Å². The zero-order valence-corrected chi connectivity index (χ0v) is 9.20. The number of aldehydes is 1. The standard InChI is InChI=1S/C10H15N3O2/c1-4-5-8-7(6-14)9(15)12-10(11-8)13(2)3/h6H,4-5H2,1-3H3,(H,11,12,15). The maximum Gasteiger partial charge on any atom is 0.263 e. The second kappa shape index (κ2) is 4.72. The number of hydrogen-bond donors (Lipinski definition) is 1. The van der Waals surface area contributed by atoms with E-state index in [0.717, 1.165) is 6.42 Å². The van der Waals surface area contributed by atoms with Gasteiger partial charge in [0.05, 0.1) is 5.69 Å². The molecular formula is C10H15N3O2. The molecule has 15 heavy (non-hydrogen) atoms. The van der Waals surface area contributed by atoms with Gasteiger partial charge in [-0.3, -0.25) is 14.6 Å². The number of nitrogens with one attached hydrogen (secondary N) is 1. The SMILES string of the molecule is CCCc1nc(N(C)C)[nH]c(=O)c1C=O. The molecule has 0 aromatic carbocycles. The molecule has 0 fully saturated rings. The lowest BCUT2D eigenvalue weighted by Crippen LogP contribution is -2.23. The number of carbonyl (C=O) groups is 1. The van der Waals surface area contributed by atoms with Crippen LogP contribution in [0.5, 0.6) is 0 Å². The Morgan fingerprint density at radius 3 is 2.60 bits per heavy atom. The van der Waals surface area contributed by atoms with Crippen LogP contribution in [-0.4, -0.2) is 30.3 Å². The molecule has 0 aliphatic heterocycles. The van der Waals surface area contributed by atoms with Crippen LogP contribution in [0.1, 0.15) is 29.4 Å². The van der Waals surface area contributed by atoms with Gasteiger partial charge in [0, 0.05) is 14.1 Å². The smallest absolute Gasteiger partial charge is 0.263 e. The summed E-state index contributed by atoms with van der Waals surface area (Å²) in [6, 6.07) is 0. The van der Waals surface area contributed by atoms with Gasteiger partial charge in [-0.2, -0.15) is 0 Å². The summed E-state index contributed by atoms with van der Waals surface area (Å²) in [5, 5.41) is 0. The third-order valence-corrected chi connectivity index (χ3v) is 2.05. The molecule has 0 aliphatic carbocycles. The number of aromatic nitrogens is 2. The Hall–Kier alpha value is -1.65. The normalized spacial score (nSPS) is 10.1. The maximum absolute atomic E-state index is 11.5. The zero-order valence-electron chi connectivity index (χ0n) is 9.20. The van der Waals surface area contributed by atoms with Gasteiger partial charge in [-0.1, -0.05) is 13.3 Å². The van der Waals surface area contributed by atoms with Crippen LogP contribution in [0.25, 0.3) is 0 Å². The molecule has 0 spiro atoms. The first-order valence-corrected chi connectivity index (χ1v) is 4.85. The lowest BCUT2D eigenvalue weighted by molar-refractivity contribution is 0.112. The van der Waals surface area contributed by atoms with E-state index in [2.05, 4.69) is 9.97 Å². The first-order valence-electron chi connectivity index (χ1n) is 4.85. The summed E-state index contributed by atoms with van der Waals surface area (Å²) < 4.78 is 0. The lowest BCUT2D eigenvalue weighted by atomic mass is 10.1. The van der Waals surface area contributed by atoms with E-state index in [4.69, 9.17) is 0 Å². The zero-order chi connectivity index (χ0) is 11.4. The van der Waals surface area contributed by atoms with Gasteiger partial charge in [-0.15, -0.1) is 0 Å². The first-order chi connectivity index (χ1) is 7.10. The van der Waals surface area contributed by atoms with Gasteiger partial charge in [0.25, 0.3) is 5.56 Å². The monoisotopic (exact) mass is 209 g/mol. The Morgan fingerprint density at radius 1 is 1.47 bits per heavy atom. The van der Waals surface area contributed by atoms with Crippen molar-refractivity contribution in [1.29, 1.82) is 0 Å². The summed E-state index contributed by atoms with van der Waals surface area (Å²) in [6.45, 7) is 1.98. The minimum absolute atomic E-state index is 0.141. The van der Waals surface area contributed by atoms with E-state index < -0.39 is 0 Å². The minimum atomic E-state index is -0.368. The third-order valence-electron chi connectivity index (χ3n) is 2.05. The minimum Gasteiger partial charge on any atom is -0.348 e. The van der Waals surface area contributed by atoms with E-state index in [9.17, 15) is 9.59 Å². The molecule has 0 unspecified atom stereocenters. The summed E-state index contributed by atoms with van der Waals surface area (Å²) >= 11 is 0. The second-order valence-electron chi connectivity index (χ2n) is 3.51. The number of H-pyrrole nitrogens is 1. The molecular weight excluding hydrogens is 194 g/mol. The quantitative estimate of drug-likeness (QED) is 0.737. The van der Waals surface area contributed by atoms with E-state index in [1.165, 1.54) is 0 Å². The van der Waals surface area contributed by atoms with Crippen LogP contribution in [0.2, 0.25) is 0 Å². The van der Waals surface area contributed by atoms with Crippen LogP contribution in [0.15, 0.2) is 4.79 Å². The van der Waals surface area contributed by atoms with Crippen LogP contribution in [0, 0.1) is 0 Å². The molecule has 0 saturated carbocycles. The Morgan fingerprint density at radius 2 is 2.13 bits per heavy atom. The first kappa shape index (κ1) is 11.4. The van der Waals surface area contributed by atoms with Gasteiger partial charge in [0.1, 0.15) is 5.56 Å². The highest BCUT2D eigenvalue weighted by Gasteiger charge is 2.10. The molecule has 5 heteroatoms. The van der Waals surface area contributed by atoms with E-state index in [1.807, 2.05) is 6.92 Å². The van der Waals surface area contributed by atoms with Crippen molar-refractivity contribution in [2.45, 2.75) is 19.8 Å². The van der Waals surface area contributed by atoms with Gasteiger partial charge in [0.2, 0.25) is 5.95 Å². The summed E-state index contributed by atoms with van der Waals surface area (Å²) in [5.74, 6) is 0.481. The Balaban J connectivity index is 3.31. The summed E-state index contributed by atoms with van der Waals surface area (Å²) in [5.41, 5.74) is 0.342. The molecule has 1 aromatic heterocycles. The lowest BCUT2D eigenvalue weighted by Gasteiger charge is -2.12. The molecule has 0 aliphatic rings. The van der Waals surface area contributed by atoms with Gasteiger partial charge in [0.15, 0.2) is 6.29 Å². The topological polar surface area (TPSA) is 66.1 Å². The van der Waals surface area contributed by atoms with Crippen molar-refractivity contribution in [2.24, 2.45) is 0 Å². The van der Waals surface area contributed by atoms with E-state index in [0.29, 0.717) is 24.3 Å². The number of nitrogens with zero attached hydrogens (tertiary/aromatic N) is 2. The molecule has 0 atom stereocenters. The third kappa shape index (κ3) is 2.43. The van der Waals surface area contributed by atoms with Crippen molar-refractivity contribution < 1.29 is 4.79 Å². The number of hydrogen-bond acceptors (Lipinski definition) is 4. The maximum atomic E-state index is 11.5. The molecule has 0 saturated heterocycles. The van der Waals surface area contributed by atoms with Crippen LogP contribution < -0.4 is 10.5 Å². The fourth-order valence-corrected chi connectivity index (χ4v) is 1.28. The Labute approximate surface area is 88.1 Å². The highest BCUT2D eigenvalue weighted by atomic mass is 16.1. The number of anilines is 1. The van der Waals surface area contributed by atoms with Gasteiger partial charge >= 0.3 is 0 Å². The van der Waals surface area contributed by atoms with E-state index >= 15 is 0 Å². The molecule has 1 heterocycles. The molecule has 0 radical (unpaired) electrons. The average Bonchev–Trinajstić information content (AvgIpc) is 2.17. The summed E-state index contributed by atoms with van der Waals surface area (Å²) in [7, 11) is 3.57. The molecule has 82 valence electrons. The van der Waals surface area contributed by atoms with Gasteiger partial charge < -0.3 is 4.90 Å². The molecule has 0 bridgehead atoms. The number of aryl methyl sites for hydroxylation is 1. The predicted octanol–water partition coefficient (Wildman–Crippen LogP) is 0.601.